The van der Waals surface area contributed by atoms with Crippen LogP contribution >= 0.6 is 0 Å². The first kappa shape index (κ1) is 12.5. The molecule has 4 nitrogen and oxygen atoms in total. The third-order valence-corrected chi connectivity index (χ3v) is 2.43. The van der Waals surface area contributed by atoms with Crippen molar-refractivity contribution in [2.75, 3.05) is 7.11 Å². The maximum Gasteiger partial charge on any atom is 0.341 e. The fraction of sp³-hybridized carbons (Fsp3) is 0.417. The number of methoxy groups -OCH3 is 1. The number of rotatable bonds is 3. The fourth-order valence-corrected chi connectivity index (χ4v) is 1.24. The lowest BCUT2D eigenvalue weighted by Crippen LogP contribution is -2.15. The normalized spacial score (nSPS) is 13.7. The van der Waals surface area contributed by atoms with Gasteiger partial charge in [0, 0.05) is 6.04 Å². The van der Waals surface area contributed by atoms with Crippen LogP contribution in [0.15, 0.2) is 16.1 Å². The van der Waals surface area contributed by atoms with Crippen molar-refractivity contribution in [1.82, 2.24) is 0 Å². The number of hydrogen-bond donors (Lipinski definition) is 1. The molecule has 2 N–H and O–H groups in total. The molecule has 0 radical (unpaired) electrons. The standard InChI is InChI=1S/C12H17NO3/c1-7(8(2)13)5-10-6-11(9(3)16-10)12(14)15-4/h5-6,8H,13H2,1-4H3/b7-5-. The highest BCUT2D eigenvalue weighted by Gasteiger charge is 2.14. The number of aryl methyl sites for hydroxylation is 1. The number of furan rings is 1. The highest BCUT2D eigenvalue weighted by Crippen LogP contribution is 2.18. The Morgan fingerprint density at radius 1 is 1.62 bits per heavy atom. The van der Waals surface area contributed by atoms with Gasteiger partial charge in [0.1, 0.15) is 17.1 Å². The van der Waals surface area contributed by atoms with Gasteiger partial charge in [0.15, 0.2) is 0 Å². The summed E-state index contributed by atoms with van der Waals surface area (Å²) in [5, 5.41) is 0. The van der Waals surface area contributed by atoms with Crippen LogP contribution in [-0.2, 0) is 4.74 Å². The Kier molecular flexibility index (Phi) is 3.90. The number of esters is 1. The molecule has 1 aromatic heterocycles. The highest BCUT2D eigenvalue weighted by molar-refractivity contribution is 5.91. The first-order chi connectivity index (χ1) is 7.45. The zero-order valence-corrected chi connectivity index (χ0v) is 10.0. The van der Waals surface area contributed by atoms with E-state index in [1.165, 1.54) is 7.11 Å². The lowest BCUT2D eigenvalue weighted by atomic mass is 10.1. The van der Waals surface area contributed by atoms with Crippen LogP contribution in [0.4, 0.5) is 0 Å². The van der Waals surface area contributed by atoms with E-state index in [1.807, 2.05) is 19.9 Å². The van der Waals surface area contributed by atoms with Gasteiger partial charge < -0.3 is 14.9 Å². The molecule has 0 spiro atoms. The summed E-state index contributed by atoms with van der Waals surface area (Å²) in [6, 6.07) is 1.62. The van der Waals surface area contributed by atoms with Crippen molar-refractivity contribution >= 4 is 12.0 Å². The van der Waals surface area contributed by atoms with E-state index in [-0.39, 0.29) is 12.0 Å². The Morgan fingerprint density at radius 3 is 2.75 bits per heavy atom. The average Bonchev–Trinajstić information content (AvgIpc) is 2.58. The van der Waals surface area contributed by atoms with Gasteiger partial charge >= 0.3 is 5.97 Å². The average molecular weight is 223 g/mol. The summed E-state index contributed by atoms with van der Waals surface area (Å²) in [6.45, 7) is 5.54. The monoisotopic (exact) mass is 223 g/mol. The van der Waals surface area contributed by atoms with Crippen LogP contribution in [0.3, 0.4) is 0 Å². The zero-order chi connectivity index (χ0) is 12.3. The van der Waals surface area contributed by atoms with E-state index in [0.29, 0.717) is 17.1 Å². The number of carbonyl (C=O) groups excluding carboxylic acids is 1. The maximum absolute atomic E-state index is 11.3. The summed E-state index contributed by atoms with van der Waals surface area (Å²) >= 11 is 0. The lowest BCUT2D eigenvalue weighted by Gasteiger charge is -2.02. The van der Waals surface area contributed by atoms with Crippen molar-refractivity contribution in [2.24, 2.45) is 5.73 Å². The number of carbonyl (C=O) groups is 1. The molecule has 0 bridgehead atoms. The maximum atomic E-state index is 11.3. The van der Waals surface area contributed by atoms with Crippen molar-refractivity contribution in [1.29, 1.82) is 0 Å². The Morgan fingerprint density at radius 2 is 2.25 bits per heavy atom. The number of ether oxygens (including phenoxy) is 1. The minimum atomic E-state index is -0.389. The molecule has 0 amide bonds. The largest absolute Gasteiger partial charge is 0.465 e. The Bertz CT molecular complexity index is 416. The van der Waals surface area contributed by atoms with Gasteiger partial charge in [-0.3, -0.25) is 0 Å². The quantitative estimate of drug-likeness (QED) is 0.797. The van der Waals surface area contributed by atoms with E-state index in [1.54, 1.807) is 13.0 Å². The molecule has 1 atom stereocenters. The molecule has 1 heterocycles. The Hall–Kier alpha value is -1.55. The van der Waals surface area contributed by atoms with E-state index in [2.05, 4.69) is 4.74 Å². The van der Waals surface area contributed by atoms with Gasteiger partial charge in [0.25, 0.3) is 0 Å². The van der Waals surface area contributed by atoms with Crippen molar-refractivity contribution in [3.8, 4) is 0 Å². The van der Waals surface area contributed by atoms with Crippen molar-refractivity contribution in [2.45, 2.75) is 26.8 Å². The minimum absolute atomic E-state index is 0.0352. The number of nitrogens with two attached hydrogens (primary N) is 1. The second-order valence-electron chi connectivity index (χ2n) is 3.79. The van der Waals surface area contributed by atoms with Gasteiger partial charge in [0.2, 0.25) is 0 Å². The third-order valence-electron chi connectivity index (χ3n) is 2.43. The summed E-state index contributed by atoms with van der Waals surface area (Å²) < 4.78 is 10.1. The van der Waals surface area contributed by atoms with E-state index in [0.717, 1.165) is 5.57 Å². The van der Waals surface area contributed by atoms with E-state index < -0.39 is 0 Å². The van der Waals surface area contributed by atoms with Gasteiger partial charge in [0.05, 0.1) is 7.11 Å². The summed E-state index contributed by atoms with van der Waals surface area (Å²) in [6.07, 6.45) is 1.82. The van der Waals surface area contributed by atoms with E-state index in [4.69, 9.17) is 10.2 Å². The summed E-state index contributed by atoms with van der Waals surface area (Å²) in [7, 11) is 1.34. The molecule has 0 saturated carbocycles. The molecule has 0 fully saturated rings. The topological polar surface area (TPSA) is 65.5 Å². The van der Waals surface area contributed by atoms with E-state index in [9.17, 15) is 4.79 Å². The van der Waals surface area contributed by atoms with Crippen LogP contribution < -0.4 is 5.73 Å². The van der Waals surface area contributed by atoms with Crippen molar-refractivity contribution < 1.29 is 13.9 Å². The highest BCUT2D eigenvalue weighted by atomic mass is 16.5. The van der Waals surface area contributed by atoms with Crippen LogP contribution in [0, 0.1) is 6.92 Å². The zero-order valence-electron chi connectivity index (χ0n) is 10.0. The predicted molar refractivity (Wildman–Crippen MR) is 62.1 cm³/mol. The van der Waals surface area contributed by atoms with Crippen molar-refractivity contribution in [3.05, 3.63) is 28.7 Å². The molecular weight excluding hydrogens is 206 g/mol. The fourth-order valence-electron chi connectivity index (χ4n) is 1.24. The Labute approximate surface area is 95.1 Å². The van der Waals surface area contributed by atoms with Crippen LogP contribution in [0.25, 0.3) is 6.08 Å². The van der Waals surface area contributed by atoms with Gasteiger partial charge in [-0.2, -0.15) is 0 Å². The lowest BCUT2D eigenvalue weighted by molar-refractivity contribution is 0.0599. The first-order valence-corrected chi connectivity index (χ1v) is 5.08. The van der Waals surface area contributed by atoms with Crippen molar-refractivity contribution in [3.63, 3.8) is 0 Å². The minimum Gasteiger partial charge on any atom is -0.465 e. The molecule has 0 aliphatic heterocycles. The van der Waals surface area contributed by atoms with Gasteiger partial charge in [-0.15, -0.1) is 0 Å². The molecule has 88 valence electrons. The molecule has 0 aliphatic rings. The van der Waals surface area contributed by atoms with Gasteiger partial charge in [-0.25, -0.2) is 4.79 Å². The van der Waals surface area contributed by atoms with Crippen LogP contribution in [-0.4, -0.2) is 19.1 Å². The second-order valence-corrected chi connectivity index (χ2v) is 3.79. The third kappa shape index (κ3) is 2.73. The first-order valence-electron chi connectivity index (χ1n) is 5.08. The smallest absolute Gasteiger partial charge is 0.341 e. The summed E-state index contributed by atoms with van der Waals surface area (Å²) in [5.41, 5.74) is 7.15. The predicted octanol–water partition coefficient (Wildman–Crippen LogP) is 2.13. The molecule has 0 aliphatic carbocycles. The molecule has 1 unspecified atom stereocenters. The van der Waals surface area contributed by atoms with Gasteiger partial charge in [-0.1, -0.05) is 5.57 Å². The molecule has 16 heavy (non-hydrogen) atoms. The van der Waals surface area contributed by atoms with Crippen LogP contribution in [0.1, 0.15) is 35.7 Å². The van der Waals surface area contributed by atoms with Crippen LogP contribution in [0.2, 0.25) is 0 Å². The molecule has 1 aromatic rings. The summed E-state index contributed by atoms with van der Waals surface area (Å²) in [4.78, 5) is 11.3. The SMILES string of the molecule is COC(=O)c1cc(/C=C(/C)C(C)N)oc1C. The Balaban J connectivity index is 3.02. The molecule has 4 heteroatoms. The number of hydrogen-bond acceptors (Lipinski definition) is 4. The molecule has 0 saturated heterocycles. The molecule has 1 rings (SSSR count). The summed E-state index contributed by atoms with van der Waals surface area (Å²) in [5.74, 6) is 0.780. The van der Waals surface area contributed by atoms with Gasteiger partial charge in [-0.05, 0) is 32.9 Å². The molecular formula is C12H17NO3. The molecule has 0 aromatic carbocycles. The second kappa shape index (κ2) is 4.99. The van der Waals surface area contributed by atoms with Crippen LogP contribution in [0.5, 0.6) is 0 Å². The van der Waals surface area contributed by atoms with E-state index >= 15 is 0 Å².